The molecule has 0 spiro atoms. The molecule has 1 N–H and O–H groups in total. The minimum Gasteiger partial charge on any atom is -0.338 e. The van der Waals surface area contributed by atoms with Crippen molar-refractivity contribution >= 4 is 5.91 Å². The van der Waals surface area contributed by atoms with Crippen LogP contribution in [0.5, 0.6) is 0 Å². The Morgan fingerprint density at radius 2 is 2.13 bits per heavy atom. The molecule has 1 amide bonds. The molecule has 1 aromatic heterocycles. The van der Waals surface area contributed by atoms with Crippen LogP contribution in [0.25, 0.3) is 0 Å². The van der Waals surface area contributed by atoms with E-state index in [-0.39, 0.29) is 17.0 Å². The molecule has 0 atom stereocenters. The second kappa shape index (κ2) is 3.84. The van der Waals surface area contributed by atoms with Gasteiger partial charge in [0, 0.05) is 19.3 Å². The van der Waals surface area contributed by atoms with Crippen molar-refractivity contribution < 1.29 is 4.79 Å². The quantitative estimate of drug-likeness (QED) is 0.721. The normalized spacial score (nSPS) is 15.7. The molecule has 2 heterocycles. The predicted molar refractivity (Wildman–Crippen MR) is 54.7 cm³/mol. The van der Waals surface area contributed by atoms with E-state index < -0.39 is 0 Å². The number of aromatic nitrogens is 2. The first-order valence-electron chi connectivity index (χ1n) is 5.03. The van der Waals surface area contributed by atoms with Crippen LogP contribution in [0, 0.1) is 6.92 Å². The largest absolute Gasteiger partial charge is 0.338 e. The Labute approximate surface area is 87.1 Å². The summed E-state index contributed by atoms with van der Waals surface area (Å²) in [4.78, 5) is 31.5. The zero-order valence-electron chi connectivity index (χ0n) is 8.62. The number of amides is 1. The van der Waals surface area contributed by atoms with E-state index in [1.165, 1.54) is 6.20 Å². The van der Waals surface area contributed by atoms with Crippen LogP contribution in [0.4, 0.5) is 0 Å². The van der Waals surface area contributed by atoms with Gasteiger partial charge in [-0.2, -0.15) is 0 Å². The molecule has 0 unspecified atom stereocenters. The Bertz CT molecular complexity index is 433. The highest BCUT2D eigenvalue weighted by Gasteiger charge is 2.21. The van der Waals surface area contributed by atoms with Crippen LogP contribution in [0.3, 0.4) is 0 Å². The summed E-state index contributed by atoms with van der Waals surface area (Å²) in [5, 5.41) is 0. The fraction of sp³-hybridized carbons (Fsp3) is 0.500. The minimum absolute atomic E-state index is 0.141. The van der Waals surface area contributed by atoms with Crippen molar-refractivity contribution in [3.05, 3.63) is 27.9 Å². The maximum atomic E-state index is 11.8. The van der Waals surface area contributed by atoms with Crippen LogP contribution in [-0.2, 0) is 0 Å². The lowest BCUT2D eigenvalue weighted by atomic mass is 10.3. The Balaban J connectivity index is 2.29. The maximum absolute atomic E-state index is 11.8. The second-order valence-electron chi connectivity index (χ2n) is 3.71. The summed E-state index contributed by atoms with van der Waals surface area (Å²) in [6.07, 6.45) is 3.39. The molecule has 0 aromatic carbocycles. The first kappa shape index (κ1) is 9.89. The van der Waals surface area contributed by atoms with E-state index in [4.69, 9.17) is 0 Å². The van der Waals surface area contributed by atoms with E-state index in [9.17, 15) is 9.59 Å². The number of hydrogen-bond donors (Lipinski definition) is 1. The van der Waals surface area contributed by atoms with Gasteiger partial charge in [-0.05, 0) is 19.8 Å². The monoisotopic (exact) mass is 207 g/mol. The van der Waals surface area contributed by atoms with Gasteiger partial charge in [0.1, 0.15) is 11.4 Å². The van der Waals surface area contributed by atoms with Crippen LogP contribution in [-0.4, -0.2) is 33.9 Å². The van der Waals surface area contributed by atoms with E-state index in [0.717, 1.165) is 25.9 Å². The van der Waals surface area contributed by atoms with Gasteiger partial charge in [0.15, 0.2) is 0 Å². The molecule has 5 heteroatoms. The van der Waals surface area contributed by atoms with Gasteiger partial charge in [0.25, 0.3) is 11.5 Å². The van der Waals surface area contributed by atoms with Gasteiger partial charge in [-0.25, -0.2) is 4.98 Å². The standard InChI is InChI=1S/C10H13N3O2/c1-7-11-6-8(9(14)12-7)10(15)13-4-2-3-5-13/h6H,2-5H2,1H3,(H,11,12,14). The molecule has 1 fully saturated rings. The van der Waals surface area contributed by atoms with Crippen LogP contribution in [0.2, 0.25) is 0 Å². The molecule has 1 saturated heterocycles. The summed E-state index contributed by atoms with van der Waals surface area (Å²) in [7, 11) is 0. The molecular weight excluding hydrogens is 194 g/mol. The zero-order chi connectivity index (χ0) is 10.8. The van der Waals surface area contributed by atoms with Gasteiger partial charge >= 0.3 is 0 Å². The molecule has 1 aromatic rings. The summed E-state index contributed by atoms with van der Waals surface area (Å²) in [5.74, 6) is 0.319. The molecule has 2 rings (SSSR count). The van der Waals surface area contributed by atoms with Crippen LogP contribution < -0.4 is 5.56 Å². The van der Waals surface area contributed by atoms with Crippen molar-refractivity contribution in [3.63, 3.8) is 0 Å². The molecule has 80 valence electrons. The number of rotatable bonds is 1. The van der Waals surface area contributed by atoms with E-state index in [1.54, 1.807) is 11.8 Å². The molecule has 0 saturated carbocycles. The number of hydrogen-bond acceptors (Lipinski definition) is 3. The van der Waals surface area contributed by atoms with Gasteiger partial charge in [0.05, 0.1) is 0 Å². The maximum Gasteiger partial charge on any atom is 0.263 e. The number of nitrogens with one attached hydrogen (secondary N) is 1. The van der Waals surface area contributed by atoms with Gasteiger partial charge < -0.3 is 9.88 Å². The first-order valence-corrected chi connectivity index (χ1v) is 5.03. The summed E-state index contributed by atoms with van der Waals surface area (Å²) in [6, 6.07) is 0. The lowest BCUT2D eigenvalue weighted by Gasteiger charge is -2.13. The van der Waals surface area contributed by atoms with Crippen LogP contribution in [0.1, 0.15) is 29.0 Å². The van der Waals surface area contributed by atoms with Crippen molar-refractivity contribution in [3.8, 4) is 0 Å². The summed E-state index contributed by atoms with van der Waals surface area (Å²) in [6.45, 7) is 3.17. The average Bonchev–Trinajstić information content (AvgIpc) is 2.69. The van der Waals surface area contributed by atoms with Crippen molar-refractivity contribution in [1.82, 2.24) is 14.9 Å². The topological polar surface area (TPSA) is 66.1 Å². The van der Waals surface area contributed by atoms with Gasteiger partial charge in [-0.15, -0.1) is 0 Å². The minimum atomic E-state index is -0.348. The van der Waals surface area contributed by atoms with Crippen molar-refractivity contribution in [2.75, 3.05) is 13.1 Å². The van der Waals surface area contributed by atoms with Crippen molar-refractivity contribution in [2.24, 2.45) is 0 Å². The fourth-order valence-electron chi connectivity index (χ4n) is 1.73. The van der Waals surface area contributed by atoms with E-state index in [0.29, 0.717) is 5.82 Å². The summed E-state index contributed by atoms with van der Waals surface area (Å²) in [5.41, 5.74) is -0.207. The highest BCUT2D eigenvalue weighted by Crippen LogP contribution is 2.09. The predicted octanol–water partition coefficient (Wildman–Crippen LogP) is 0.314. The number of nitrogens with zero attached hydrogens (tertiary/aromatic N) is 2. The fourth-order valence-corrected chi connectivity index (χ4v) is 1.73. The number of carbonyl (C=O) groups excluding carboxylic acids is 1. The molecule has 1 aliphatic heterocycles. The number of H-pyrrole nitrogens is 1. The Kier molecular flexibility index (Phi) is 2.53. The molecule has 15 heavy (non-hydrogen) atoms. The Morgan fingerprint density at radius 3 is 2.73 bits per heavy atom. The number of carbonyl (C=O) groups is 1. The average molecular weight is 207 g/mol. The van der Waals surface area contributed by atoms with Crippen molar-refractivity contribution in [2.45, 2.75) is 19.8 Å². The second-order valence-corrected chi connectivity index (χ2v) is 3.71. The third-order valence-electron chi connectivity index (χ3n) is 2.55. The smallest absolute Gasteiger partial charge is 0.263 e. The van der Waals surface area contributed by atoms with Gasteiger partial charge in [-0.3, -0.25) is 9.59 Å². The number of aromatic amines is 1. The van der Waals surface area contributed by atoms with E-state index in [1.807, 2.05) is 0 Å². The molecule has 1 aliphatic rings. The molecule has 0 bridgehead atoms. The summed E-state index contributed by atoms with van der Waals surface area (Å²) >= 11 is 0. The summed E-state index contributed by atoms with van der Waals surface area (Å²) < 4.78 is 0. The van der Waals surface area contributed by atoms with Crippen LogP contribution >= 0.6 is 0 Å². The first-order chi connectivity index (χ1) is 7.18. The van der Waals surface area contributed by atoms with Gasteiger partial charge in [-0.1, -0.05) is 0 Å². The van der Waals surface area contributed by atoms with Gasteiger partial charge in [0.2, 0.25) is 0 Å². The van der Waals surface area contributed by atoms with Crippen molar-refractivity contribution in [1.29, 1.82) is 0 Å². The Morgan fingerprint density at radius 1 is 1.47 bits per heavy atom. The molecular formula is C10H13N3O2. The number of likely N-dealkylation sites (tertiary alicyclic amines) is 1. The highest BCUT2D eigenvalue weighted by atomic mass is 16.2. The Hall–Kier alpha value is -1.65. The third-order valence-corrected chi connectivity index (χ3v) is 2.55. The zero-order valence-corrected chi connectivity index (χ0v) is 8.62. The lowest BCUT2D eigenvalue weighted by molar-refractivity contribution is 0.0790. The van der Waals surface area contributed by atoms with E-state index >= 15 is 0 Å². The molecule has 0 radical (unpaired) electrons. The highest BCUT2D eigenvalue weighted by molar-refractivity contribution is 5.93. The SMILES string of the molecule is Cc1ncc(C(=O)N2CCCC2)c(=O)[nH]1. The molecule has 5 nitrogen and oxygen atoms in total. The van der Waals surface area contributed by atoms with E-state index in [2.05, 4.69) is 9.97 Å². The molecule has 0 aliphatic carbocycles. The van der Waals surface area contributed by atoms with Crippen LogP contribution in [0.15, 0.2) is 11.0 Å². The lowest BCUT2D eigenvalue weighted by Crippen LogP contribution is -2.32. The third kappa shape index (κ3) is 1.91. The number of aryl methyl sites for hydroxylation is 1.